The van der Waals surface area contributed by atoms with Gasteiger partial charge in [-0.3, -0.25) is 4.79 Å². The molecule has 2 atom stereocenters. The Balaban J connectivity index is 1.98. The molecule has 0 heterocycles. The molecule has 0 radical (unpaired) electrons. The van der Waals surface area contributed by atoms with Crippen LogP contribution in [0.15, 0.2) is 18.2 Å². The van der Waals surface area contributed by atoms with Crippen molar-refractivity contribution < 1.29 is 14.3 Å². The lowest BCUT2D eigenvalue weighted by atomic mass is 9.92. The van der Waals surface area contributed by atoms with Crippen LogP contribution in [0.1, 0.15) is 34.3 Å². The van der Waals surface area contributed by atoms with Crippen molar-refractivity contribution in [1.29, 1.82) is 0 Å². The lowest BCUT2D eigenvalue weighted by Gasteiger charge is -2.13. The number of fused-ring (bicyclic) bond motifs is 3. The third-order valence-electron chi connectivity index (χ3n) is 4.23. The largest absolute Gasteiger partial charge is 0.465 e. The number of hydrogen-bond donors (Lipinski definition) is 0. The predicted molar refractivity (Wildman–Crippen MR) is 66.4 cm³/mol. The Morgan fingerprint density at radius 1 is 1.17 bits per heavy atom. The van der Waals surface area contributed by atoms with Crippen LogP contribution in [0.5, 0.6) is 0 Å². The quantitative estimate of drug-likeness (QED) is 0.711. The molecule has 3 rings (SSSR count). The van der Waals surface area contributed by atoms with Gasteiger partial charge in [0.15, 0.2) is 0 Å². The van der Waals surface area contributed by atoms with Gasteiger partial charge in [0.05, 0.1) is 12.7 Å². The first-order valence-corrected chi connectivity index (χ1v) is 6.43. The summed E-state index contributed by atoms with van der Waals surface area (Å²) in [5.74, 6) is 0.494. The maximum atomic E-state index is 12.1. The molecule has 3 heteroatoms. The molecule has 1 aromatic carbocycles. The summed E-state index contributed by atoms with van der Waals surface area (Å²) >= 11 is 0. The molecule has 94 valence electrons. The minimum absolute atomic E-state index is 0.171. The molecule has 2 bridgehead atoms. The highest BCUT2D eigenvalue weighted by Crippen LogP contribution is 2.37. The standard InChI is InChI=1S/C15H16O3/c1-18-15(17)12-5-2-9-6-10-3-4-11(14(10)16)7-13(9)8-12/h2,5,8,10-11H,3-4,6-7H2,1H3/t10-,11+/m0/s1. The van der Waals surface area contributed by atoms with Gasteiger partial charge >= 0.3 is 5.97 Å². The number of Topliss-reactive ketones (excluding diaryl/α,β-unsaturated/α-hetero) is 1. The summed E-state index contributed by atoms with van der Waals surface area (Å²) in [4.78, 5) is 23.6. The number of benzene rings is 1. The van der Waals surface area contributed by atoms with Crippen molar-refractivity contribution in [3.05, 3.63) is 34.9 Å². The van der Waals surface area contributed by atoms with E-state index < -0.39 is 0 Å². The van der Waals surface area contributed by atoms with Gasteiger partial charge in [0, 0.05) is 11.8 Å². The molecule has 0 N–H and O–H groups in total. The highest BCUT2D eigenvalue weighted by molar-refractivity contribution is 5.90. The van der Waals surface area contributed by atoms with Crippen molar-refractivity contribution in [1.82, 2.24) is 0 Å². The van der Waals surface area contributed by atoms with E-state index in [1.54, 1.807) is 6.07 Å². The third kappa shape index (κ3) is 1.74. The molecule has 2 aliphatic rings. The number of hydrogen-bond acceptors (Lipinski definition) is 3. The van der Waals surface area contributed by atoms with Crippen molar-refractivity contribution >= 4 is 11.8 Å². The van der Waals surface area contributed by atoms with E-state index in [1.165, 1.54) is 12.7 Å². The van der Waals surface area contributed by atoms with Gasteiger partial charge in [-0.1, -0.05) is 6.07 Å². The molecular weight excluding hydrogens is 228 g/mol. The number of esters is 1. The molecule has 0 unspecified atom stereocenters. The number of ketones is 1. The zero-order chi connectivity index (χ0) is 12.7. The van der Waals surface area contributed by atoms with Crippen molar-refractivity contribution in [2.24, 2.45) is 11.8 Å². The molecule has 1 saturated carbocycles. The molecule has 0 aliphatic heterocycles. The Morgan fingerprint density at radius 3 is 2.50 bits per heavy atom. The fraction of sp³-hybridized carbons (Fsp3) is 0.467. The van der Waals surface area contributed by atoms with E-state index in [2.05, 4.69) is 0 Å². The minimum atomic E-state index is -0.307. The van der Waals surface area contributed by atoms with Gasteiger partial charge in [-0.25, -0.2) is 4.79 Å². The van der Waals surface area contributed by atoms with E-state index in [9.17, 15) is 9.59 Å². The maximum absolute atomic E-state index is 12.1. The van der Waals surface area contributed by atoms with Crippen molar-refractivity contribution in [2.75, 3.05) is 7.11 Å². The van der Waals surface area contributed by atoms with Gasteiger partial charge in [-0.05, 0) is 48.9 Å². The summed E-state index contributed by atoms with van der Waals surface area (Å²) in [6.07, 6.45) is 3.66. The van der Waals surface area contributed by atoms with Gasteiger partial charge in [0.25, 0.3) is 0 Å². The zero-order valence-corrected chi connectivity index (χ0v) is 10.4. The fourth-order valence-electron chi connectivity index (χ4n) is 3.22. The lowest BCUT2D eigenvalue weighted by molar-refractivity contribution is -0.123. The SMILES string of the molecule is COC(=O)c1ccc2c(c1)C[C@H]1CC[C@@H](C2)C1=O. The number of rotatable bonds is 1. The highest BCUT2D eigenvalue weighted by Gasteiger charge is 2.37. The molecule has 0 saturated heterocycles. The summed E-state index contributed by atoms with van der Waals surface area (Å²) in [6, 6.07) is 5.68. The van der Waals surface area contributed by atoms with E-state index in [4.69, 9.17) is 4.74 Å². The topological polar surface area (TPSA) is 43.4 Å². The van der Waals surface area contributed by atoms with Crippen molar-refractivity contribution in [3.63, 3.8) is 0 Å². The first kappa shape index (κ1) is 11.5. The number of methoxy groups -OCH3 is 1. The predicted octanol–water partition coefficient (Wildman–Crippen LogP) is 2.17. The van der Waals surface area contributed by atoms with Crippen LogP contribution in [0.3, 0.4) is 0 Å². The Morgan fingerprint density at radius 2 is 1.83 bits per heavy atom. The normalized spacial score (nSPS) is 25.5. The number of carbonyl (C=O) groups excluding carboxylic acids is 2. The lowest BCUT2D eigenvalue weighted by Crippen LogP contribution is -2.13. The van der Waals surface area contributed by atoms with Crippen molar-refractivity contribution in [2.45, 2.75) is 25.7 Å². The Bertz CT molecular complexity index is 518. The molecule has 2 aliphatic carbocycles. The van der Waals surface area contributed by atoms with Crippen LogP contribution in [0, 0.1) is 11.8 Å². The second-order valence-electron chi connectivity index (χ2n) is 5.26. The fourth-order valence-corrected chi connectivity index (χ4v) is 3.22. The highest BCUT2D eigenvalue weighted by atomic mass is 16.5. The van der Waals surface area contributed by atoms with E-state index in [1.807, 2.05) is 12.1 Å². The number of carbonyl (C=O) groups is 2. The van der Waals surface area contributed by atoms with Gasteiger partial charge in [0.2, 0.25) is 0 Å². The van der Waals surface area contributed by atoms with Crippen LogP contribution in [0.4, 0.5) is 0 Å². The van der Waals surface area contributed by atoms with Crippen LogP contribution in [0.2, 0.25) is 0 Å². The van der Waals surface area contributed by atoms with Crippen LogP contribution in [-0.2, 0) is 22.4 Å². The van der Waals surface area contributed by atoms with Crippen LogP contribution in [0.25, 0.3) is 0 Å². The van der Waals surface area contributed by atoms with Gasteiger partial charge in [0.1, 0.15) is 5.78 Å². The Kier molecular flexibility index (Phi) is 2.69. The monoisotopic (exact) mass is 244 g/mol. The Labute approximate surface area is 106 Å². The second kappa shape index (κ2) is 4.23. The molecular formula is C15H16O3. The molecule has 18 heavy (non-hydrogen) atoms. The third-order valence-corrected chi connectivity index (χ3v) is 4.23. The first-order valence-electron chi connectivity index (χ1n) is 6.43. The minimum Gasteiger partial charge on any atom is -0.465 e. The average molecular weight is 244 g/mol. The molecule has 0 aromatic heterocycles. The number of ether oxygens (including phenoxy) is 1. The summed E-state index contributed by atoms with van der Waals surface area (Å²) in [5, 5.41) is 0. The second-order valence-corrected chi connectivity index (χ2v) is 5.26. The van der Waals surface area contributed by atoms with Gasteiger partial charge in [-0.15, -0.1) is 0 Å². The van der Waals surface area contributed by atoms with E-state index >= 15 is 0 Å². The molecule has 0 spiro atoms. The van der Waals surface area contributed by atoms with E-state index in [0.717, 1.165) is 31.2 Å². The average Bonchev–Trinajstić information content (AvgIpc) is 2.63. The molecule has 0 amide bonds. The maximum Gasteiger partial charge on any atom is 0.337 e. The zero-order valence-electron chi connectivity index (χ0n) is 10.4. The van der Waals surface area contributed by atoms with Crippen molar-refractivity contribution in [3.8, 4) is 0 Å². The van der Waals surface area contributed by atoms with Crippen LogP contribution < -0.4 is 0 Å². The molecule has 1 fully saturated rings. The summed E-state index contributed by atoms with van der Waals surface area (Å²) in [7, 11) is 1.39. The summed E-state index contributed by atoms with van der Waals surface area (Å²) < 4.78 is 4.74. The van der Waals surface area contributed by atoms with E-state index in [0.29, 0.717) is 11.3 Å². The smallest absolute Gasteiger partial charge is 0.337 e. The summed E-state index contributed by atoms with van der Waals surface area (Å²) in [6.45, 7) is 0. The van der Waals surface area contributed by atoms with E-state index in [-0.39, 0.29) is 17.8 Å². The van der Waals surface area contributed by atoms with Gasteiger partial charge < -0.3 is 4.74 Å². The first-order chi connectivity index (χ1) is 8.69. The molecule has 3 nitrogen and oxygen atoms in total. The van der Waals surface area contributed by atoms with Crippen LogP contribution >= 0.6 is 0 Å². The van der Waals surface area contributed by atoms with Crippen LogP contribution in [-0.4, -0.2) is 18.9 Å². The Hall–Kier alpha value is -1.64. The summed E-state index contributed by atoms with van der Waals surface area (Å²) in [5.41, 5.74) is 2.96. The molecule has 1 aromatic rings. The van der Waals surface area contributed by atoms with Gasteiger partial charge in [-0.2, -0.15) is 0 Å².